The molecule has 0 aliphatic heterocycles. The highest BCUT2D eigenvalue weighted by atomic mass is 32.2. The number of benzene rings is 1. The number of thioether (sulfide) groups is 1. The Labute approximate surface area is 95.9 Å². The maximum Gasteiger partial charge on any atom is 0.0568 e. The van der Waals surface area contributed by atoms with Crippen molar-refractivity contribution in [2.75, 3.05) is 6.61 Å². The maximum atomic E-state index is 9.24. The molecule has 0 amide bonds. The number of nitrogens with two attached hydrogens (primary N) is 1. The van der Waals surface area contributed by atoms with Gasteiger partial charge in [0.1, 0.15) is 0 Å². The molecule has 2 unspecified atom stereocenters. The zero-order valence-electron chi connectivity index (χ0n) is 9.31. The van der Waals surface area contributed by atoms with E-state index in [1.54, 1.807) is 11.8 Å². The average Bonchev–Trinajstić information content (AvgIpc) is 2.27. The van der Waals surface area contributed by atoms with E-state index in [2.05, 4.69) is 31.2 Å². The monoisotopic (exact) mass is 225 g/mol. The fourth-order valence-corrected chi connectivity index (χ4v) is 2.40. The molecule has 3 heteroatoms. The third-order valence-electron chi connectivity index (χ3n) is 2.44. The Morgan fingerprint density at radius 2 is 1.93 bits per heavy atom. The summed E-state index contributed by atoms with van der Waals surface area (Å²) in [6, 6.07) is 8.36. The highest BCUT2D eigenvalue weighted by Gasteiger charge is 2.16. The van der Waals surface area contributed by atoms with E-state index in [1.807, 2.05) is 6.92 Å². The molecule has 1 aromatic rings. The zero-order valence-corrected chi connectivity index (χ0v) is 10.1. The number of aryl methyl sites for hydroxylation is 1. The van der Waals surface area contributed by atoms with Crippen molar-refractivity contribution in [3.05, 3.63) is 29.8 Å². The van der Waals surface area contributed by atoms with Crippen molar-refractivity contribution >= 4 is 11.8 Å². The molecule has 0 saturated carbocycles. The summed E-state index contributed by atoms with van der Waals surface area (Å²) in [5.41, 5.74) is 7.17. The topological polar surface area (TPSA) is 46.2 Å². The van der Waals surface area contributed by atoms with Crippen LogP contribution >= 0.6 is 11.8 Å². The summed E-state index contributed by atoms with van der Waals surface area (Å²) < 4.78 is 0. The summed E-state index contributed by atoms with van der Waals surface area (Å²) in [5.74, 6) is 0. The van der Waals surface area contributed by atoms with Crippen LogP contribution in [0.15, 0.2) is 29.2 Å². The number of hydrogen-bond donors (Lipinski definition) is 2. The van der Waals surface area contributed by atoms with Crippen LogP contribution < -0.4 is 5.73 Å². The first-order chi connectivity index (χ1) is 7.17. The van der Waals surface area contributed by atoms with E-state index in [0.717, 1.165) is 6.42 Å². The SMILES string of the molecule is CCC(N)C(CO)Sc1ccc(C)cc1. The highest BCUT2D eigenvalue weighted by molar-refractivity contribution is 8.00. The second-order valence-corrected chi connectivity index (χ2v) is 5.04. The van der Waals surface area contributed by atoms with Crippen molar-refractivity contribution in [1.29, 1.82) is 0 Å². The number of rotatable bonds is 5. The van der Waals surface area contributed by atoms with E-state index in [0.29, 0.717) is 0 Å². The van der Waals surface area contributed by atoms with Crippen LogP contribution in [0.4, 0.5) is 0 Å². The molecule has 0 heterocycles. The van der Waals surface area contributed by atoms with E-state index in [9.17, 15) is 5.11 Å². The van der Waals surface area contributed by atoms with Crippen LogP contribution in [0, 0.1) is 6.92 Å². The molecule has 0 saturated heterocycles. The van der Waals surface area contributed by atoms with Gasteiger partial charge in [0, 0.05) is 16.2 Å². The van der Waals surface area contributed by atoms with E-state index in [4.69, 9.17) is 5.73 Å². The number of aliphatic hydroxyl groups excluding tert-OH is 1. The summed E-state index contributed by atoms with van der Waals surface area (Å²) in [6.45, 7) is 4.24. The minimum atomic E-state index is 0.0568. The highest BCUT2D eigenvalue weighted by Crippen LogP contribution is 2.25. The first kappa shape index (κ1) is 12.6. The minimum absolute atomic E-state index is 0.0568. The number of hydrogen-bond acceptors (Lipinski definition) is 3. The van der Waals surface area contributed by atoms with Crippen molar-refractivity contribution in [3.63, 3.8) is 0 Å². The van der Waals surface area contributed by atoms with Crippen LogP contribution in [0.1, 0.15) is 18.9 Å². The maximum absolute atomic E-state index is 9.24. The van der Waals surface area contributed by atoms with Gasteiger partial charge in [-0.3, -0.25) is 0 Å². The zero-order chi connectivity index (χ0) is 11.3. The summed E-state index contributed by atoms with van der Waals surface area (Å²) in [4.78, 5) is 1.17. The van der Waals surface area contributed by atoms with Crippen molar-refractivity contribution in [2.24, 2.45) is 5.73 Å². The predicted octanol–water partition coefficient (Wildman–Crippen LogP) is 2.19. The fraction of sp³-hybridized carbons (Fsp3) is 0.500. The summed E-state index contributed by atoms with van der Waals surface area (Å²) >= 11 is 1.66. The molecule has 1 rings (SSSR count). The van der Waals surface area contributed by atoms with Gasteiger partial charge in [-0.15, -0.1) is 11.8 Å². The molecule has 0 aromatic heterocycles. The normalized spacial score (nSPS) is 14.9. The quantitative estimate of drug-likeness (QED) is 0.755. The molecule has 0 aliphatic rings. The lowest BCUT2D eigenvalue weighted by molar-refractivity contribution is 0.281. The van der Waals surface area contributed by atoms with E-state index >= 15 is 0 Å². The van der Waals surface area contributed by atoms with Gasteiger partial charge in [-0.25, -0.2) is 0 Å². The Bertz CT molecular complexity index is 286. The first-order valence-corrected chi connectivity index (χ1v) is 6.15. The van der Waals surface area contributed by atoms with E-state index < -0.39 is 0 Å². The molecule has 0 radical (unpaired) electrons. The lowest BCUT2D eigenvalue weighted by atomic mass is 10.2. The molecule has 0 aliphatic carbocycles. The number of aliphatic hydroxyl groups is 1. The summed E-state index contributed by atoms with van der Waals surface area (Å²) in [6.07, 6.45) is 0.893. The molecule has 84 valence electrons. The summed E-state index contributed by atoms with van der Waals surface area (Å²) in [7, 11) is 0. The van der Waals surface area contributed by atoms with Crippen LogP contribution in [0.3, 0.4) is 0 Å². The lowest BCUT2D eigenvalue weighted by Crippen LogP contribution is -2.34. The lowest BCUT2D eigenvalue weighted by Gasteiger charge is -2.19. The second kappa shape index (κ2) is 6.16. The molecule has 0 spiro atoms. The van der Waals surface area contributed by atoms with E-state index in [1.165, 1.54) is 10.5 Å². The molecule has 0 fully saturated rings. The largest absolute Gasteiger partial charge is 0.395 e. The van der Waals surface area contributed by atoms with Gasteiger partial charge in [0.15, 0.2) is 0 Å². The molecule has 2 nitrogen and oxygen atoms in total. The smallest absolute Gasteiger partial charge is 0.0568 e. The minimum Gasteiger partial charge on any atom is -0.395 e. The fourth-order valence-electron chi connectivity index (χ4n) is 1.31. The first-order valence-electron chi connectivity index (χ1n) is 5.27. The average molecular weight is 225 g/mol. The van der Waals surface area contributed by atoms with E-state index in [-0.39, 0.29) is 17.9 Å². The van der Waals surface area contributed by atoms with Crippen molar-refractivity contribution < 1.29 is 5.11 Å². The van der Waals surface area contributed by atoms with Gasteiger partial charge < -0.3 is 10.8 Å². The molecular weight excluding hydrogens is 206 g/mol. The van der Waals surface area contributed by atoms with Crippen LogP contribution in [-0.4, -0.2) is 23.0 Å². The summed E-state index contributed by atoms with van der Waals surface area (Å²) in [5, 5.41) is 9.34. The van der Waals surface area contributed by atoms with Crippen LogP contribution in [0.5, 0.6) is 0 Å². The Balaban J connectivity index is 2.62. The second-order valence-electron chi connectivity index (χ2n) is 3.72. The Kier molecular flexibility index (Phi) is 5.15. The van der Waals surface area contributed by atoms with Crippen LogP contribution in [0.2, 0.25) is 0 Å². The molecule has 3 N–H and O–H groups in total. The molecule has 0 bridgehead atoms. The molecule has 2 atom stereocenters. The third-order valence-corrected chi connectivity index (χ3v) is 3.78. The van der Waals surface area contributed by atoms with Gasteiger partial charge in [-0.2, -0.15) is 0 Å². The molecule has 15 heavy (non-hydrogen) atoms. The Hall–Kier alpha value is -0.510. The van der Waals surface area contributed by atoms with Gasteiger partial charge in [-0.05, 0) is 25.5 Å². The van der Waals surface area contributed by atoms with Crippen molar-refractivity contribution in [1.82, 2.24) is 0 Å². The Morgan fingerprint density at radius 3 is 2.40 bits per heavy atom. The van der Waals surface area contributed by atoms with Crippen LogP contribution in [0.25, 0.3) is 0 Å². The van der Waals surface area contributed by atoms with Gasteiger partial charge >= 0.3 is 0 Å². The van der Waals surface area contributed by atoms with Crippen molar-refractivity contribution in [3.8, 4) is 0 Å². The Morgan fingerprint density at radius 1 is 1.33 bits per heavy atom. The van der Waals surface area contributed by atoms with Crippen molar-refractivity contribution in [2.45, 2.75) is 36.5 Å². The third kappa shape index (κ3) is 3.86. The standard InChI is InChI=1S/C12H19NOS/c1-3-11(13)12(8-14)15-10-6-4-9(2)5-7-10/h4-7,11-12,14H,3,8,13H2,1-2H3. The predicted molar refractivity (Wildman–Crippen MR) is 66.2 cm³/mol. The molecule has 1 aromatic carbocycles. The molecular formula is C12H19NOS. The van der Waals surface area contributed by atoms with Crippen LogP contribution in [-0.2, 0) is 0 Å². The van der Waals surface area contributed by atoms with Gasteiger partial charge in [0.05, 0.1) is 6.61 Å². The van der Waals surface area contributed by atoms with Gasteiger partial charge in [0.2, 0.25) is 0 Å². The van der Waals surface area contributed by atoms with Gasteiger partial charge in [-0.1, -0.05) is 24.6 Å². The van der Waals surface area contributed by atoms with Gasteiger partial charge in [0.25, 0.3) is 0 Å².